The number of anilines is 2. The summed E-state index contributed by atoms with van der Waals surface area (Å²) in [5, 5.41) is 5.92. The second kappa shape index (κ2) is 10.8. The summed E-state index contributed by atoms with van der Waals surface area (Å²) in [5.74, 6) is 1.17. The lowest BCUT2D eigenvalue weighted by Gasteiger charge is -2.30. The van der Waals surface area contributed by atoms with E-state index in [1.54, 1.807) is 23.1 Å². The lowest BCUT2D eigenvalue weighted by atomic mass is 9.92. The van der Waals surface area contributed by atoms with Gasteiger partial charge < -0.3 is 25.0 Å². The van der Waals surface area contributed by atoms with E-state index in [1.165, 1.54) is 0 Å². The molecular formula is C30H33N3O4. The van der Waals surface area contributed by atoms with Crippen LogP contribution in [0.25, 0.3) is 5.57 Å². The maximum Gasteiger partial charge on any atom is 0.319 e. The van der Waals surface area contributed by atoms with Gasteiger partial charge in [-0.2, -0.15) is 0 Å². The maximum atomic E-state index is 12.9. The molecule has 0 saturated heterocycles. The Labute approximate surface area is 218 Å². The molecule has 0 spiro atoms. The molecule has 37 heavy (non-hydrogen) atoms. The van der Waals surface area contributed by atoms with E-state index in [0.717, 1.165) is 28.0 Å². The molecule has 0 fully saturated rings. The van der Waals surface area contributed by atoms with Crippen LogP contribution in [0.15, 0.2) is 73.3 Å². The molecule has 3 aromatic carbocycles. The topological polar surface area (TPSA) is 79.9 Å². The fourth-order valence-corrected chi connectivity index (χ4v) is 4.18. The first kappa shape index (κ1) is 25.8. The highest BCUT2D eigenvalue weighted by atomic mass is 16.5. The Bertz CT molecular complexity index is 1330. The molecule has 1 heterocycles. The van der Waals surface area contributed by atoms with Crippen molar-refractivity contribution >= 4 is 28.9 Å². The number of ether oxygens (including phenoxy) is 2. The zero-order valence-electron chi connectivity index (χ0n) is 21.8. The second-order valence-electron chi connectivity index (χ2n) is 9.75. The molecule has 0 unspecified atom stereocenters. The summed E-state index contributed by atoms with van der Waals surface area (Å²) in [5.41, 5.74) is 4.57. The SMILES string of the molecule is C=C(C)c1cccc(C(C)(C)NC(=O)Nc2ccc3c(c2)N(CCOc2cccc(C)c2)C(=O)CO3)c1. The van der Waals surface area contributed by atoms with Crippen LogP contribution in [0.4, 0.5) is 16.2 Å². The number of amides is 3. The van der Waals surface area contributed by atoms with Gasteiger partial charge in [0.15, 0.2) is 6.61 Å². The molecule has 192 valence electrons. The van der Waals surface area contributed by atoms with Crippen molar-refractivity contribution in [3.63, 3.8) is 0 Å². The van der Waals surface area contributed by atoms with Crippen LogP contribution >= 0.6 is 0 Å². The average Bonchev–Trinajstić information content (AvgIpc) is 2.85. The van der Waals surface area contributed by atoms with E-state index in [1.807, 2.05) is 76.2 Å². The first-order valence-corrected chi connectivity index (χ1v) is 12.2. The second-order valence-corrected chi connectivity index (χ2v) is 9.75. The minimum atomic E-state index is -0.623. The van der Waals surface area contributed by atoms with E-state index in [9.17, 15) is 9.59 Å². The largest absolute Gasteiger partial charge is 0.492 e. The number of fused-ring (bicyclic) bond motifs is 1. The molecule has 0 atom stereocenters. The Morgan fingerprint density at radius 3 is 2.65 bits per heavy atom. The molecule has 0 saturated carbocycles. The Morgan fingerprint density at radius 1 is 1.11 bits per heavy atom. The summed E-state index contributed by atoms with van der Waals surface area (Å²) in [6.07, 6.45) is 0. The number of nitrogens with zero attached hydrogens (tertiary/aromatic N) is 1. The molecule has 4 rings (SSSR count). The molecule has 1 aliphatic rings. The zero-order valence-corrected chi connectivity index (χ0v) is 21.8. The van der Waals surface area contributed by atoms with Crippen molar-refractivity contribution in [2.24, 2.45) is 0 Å². The molecule has 0 aromatic heterocycles. The third-order valence-electron chi connectivity index (χ3n) is 6.24. The Kier molecular flexibility index (Phi) is 7.53. The van der Waals surface area contributed by atoms with E-state index in [0.29, 0.717) is 30.3 Å². The number of rotatable bonds is 8. The third kappa shape index (κ3) is 6.30. The predicted molar refractivity (Wildman–Crippen MR) is 147 cm³/mol. The van der Waals surface area contributed by atoms with Crippen LogP contribution in [0.2, 0.25) is 0 Å². The van der Waals surface area contributed by atoms with E-state index in [-0.39, 0.29) is 18.5 Å². The van der Waals surface area contributed by atoms with Crippen molar-refractivity contribution in [1.82, 2.24) is 5.32 Å². The lowest BCUT2D eigenvalue weighted by Crippen LogP contribution is -2.43. The van der Waals surface area contributed by atoms with Crippen LogP contribution in [-0.2, 0) is 10.3 Å². The maximum absolute atomic E-state index is 12.9. The zero-order chi connectivity index (χ0) is 26.6. The van der Waals surface area contributed by atoms with Gasteiger partial charge in [0.2, 0.25) is 0 Å². The average molecular weight is 500 g/mol. The number of hydrogen-bond acceptors (Lipinski definition) is 4. The first-order chi connectivity index (χ1) is 17.6. The number of nitrogens with one attached hydrogen (secondary N) is 2. The van der Waals surface area contributed by atoms with Gasteiger partial charge in [-0.3, -0.25) is 4.79 Å². The number of benzene rings is 3. The molecule has 7 heteroatoms. The van der Waals surface area contributed by atoms with Gasteiger partial charge in [-0.25, -0.2) is 4.79 Å². The Balaban J connectivity index is 1.44. The first-order valence-electron chi connectivity index (χ1n) is 12.2. The van der Waals surface area contributed by atoms with E-state index < -0.39 is 5.54 Å². The molecular weight excluding hydrogens is 466 g/mol. The highest BCUT2D eigenvalue weighted by molar-refractivity contribution is 5.99. The van der Waals surface area contributed by atoms with Crippen LogP contribution in [0.5, 0.6) is 11.5 Å². The van der Waals surface area contributed by atoms with Crippen molar-refractivity contribution in [2.75, 3.05) is 30.0 Å². The molecule has 0 radical (unpaired) electrons. The summed E-state index contributed by atoms with van der Waals surface area (Å²) in [6, 6.07) is 20.6. The van der Waals surface area contributed by atoms with E-state index >= 15 is 0 Å². The highest BCUT2D eigenvalue weighted by Crippen LogP contribution is 2.34. The number of aryl methyl sites for hydroxylation is 1. The molecule has 1 aliphatic heterocycles. The highest BCUT2D eigenvalue weighted by Gasteiger charge is 2.27. The van der Waals surface area contributed by atoms with Crippen LogP contribution in [0, 0.1) is 6.92 Å². The molecule has 3 amide bonds. The van der Waals surface area contributed by atoms with Gasteiger partial charge in [0.05, 0.1) is 17.8 Å². The van der Waals surface area contributed by atoms with Gasteiger partial charge in [0.25, 0.3) is 5.91 Å². The van der Waals surface area contributed by atoms with Gasteiger partial charge >= 0.3 is 6.03 Å². The van der Waals surface area contributed by atoms with Gasteiger partial charge in [-0.05, 0) is 80.8 Å². The van der Waals surface area contributed by atoms with Crippen LogP contribution in [-0.4, -0.2) is 31.7 Å². The molecule has 2 N–H and O–H groups in total. The Hall–Kier alpha value is -4.26. The monoisotopic (exact) mass is 499 g/mol. The summed E-state index contributed by atoms with van der Waals surface area (Å²) >= 11 is 0. The normalized spacial score (nSPS) is 12.9. The van der Waals surface area contributed by atoms with Crippen molar-refractivity contribution < 1.29 is 19.1 Å². The third-order valence-corrected chi connectivity index (χ3v) is 6.24. The molecule has 0 aliphatic carbocycles. The minimum Gasteiger partial charge on any atom is -0.492 e. The van der Waals surface area contributed by atoms with E-state index in [2.05, 4.69) is 17.2 Å². The molecule has 7 nitrogen and oxygen atoms in total. The summed E-state index contributed by atoms with van der Waals surface area (Å²) in [7, 11) is 0. The number of carbonyl (C=O) groups excluding carboxylic acids is 2. The molecule has 3 aromatic rings. The molecule has 0 bridgehead atoms. The van der Waals surface area contributed by atoms with Gasteiger partial charge in [0.1, 0.15) is 18.1 Å². The van der Waals surface area contributed by atoms with Crippen molar-refractivity contribution in [2.45, 2.75) is 33.2 Å². The minimum absolute atomic E-state index is 0.0395. The number of carbonyl (C=O) groups is 2. The number of allylic oxidation sites excluding steroid dienone is 1. The standard InChI is InChI=1S/C30H33N3O4/c1-20(2)22-9-7-10-23(17-22)30(4,5)32-29(35)31-24-12-13-27-26(18-24)33(28(34)19-37-27)14-15-36-25-11-6-8-21(3)16-25/h6-13,16-18H,1,14-15,19H2,2-5H3,(H2,31,32,35). The smallest absolute Gasteiger partial charge is 0.319 e. The van der Waals surface area contributed by atoms with Gasteiger partial charge in [-0.1, -0.05) is 42.5 Å². The summed E-state index contributed by atoms with van der Waals surface area (Å²) < 4.78 is 11.5. The quantitative estimate of drug-likeness (QED) is 0.405. The summed E-state index contributed by atoms with van der Waals surface area (Å²) in [6.45, 7) is 12.5. The van der Waals surface area contributed by atoms with Crippen LogP contribution in [0.1, 0.15) is 37.5 Å². The number of hydrogen-bond donors (Lipinski definition) is 2. The van der Waals surface area contributed by atoms with Crippen molar-refractivity contribution in [1.29, 1.82) is 0 Å². The Morgan fingerprint density at radius 2 is 1.89 bits per heavy atom. The fraction of sp³-hybridized carbons (Fsp3) is 0.267. The van der Waals surface area contributed by atoms with Crippen molar-refractivity contribution in [3.05, 3.63) is 90.0 Å². The van der Waals surface area contributed by atoms with Crippen LogP contribution < -0.4 is 25.0 Å². The van der Waals surface area contributed by atoms with Crippen LogP contribution in [0.3, 0.4) is 0 Å². The summed E-state index contributed by atoms with van der Waals surface area (Å²) in [4.78, 5) is 27.2. The van der Waals surface area contributed by atoms with Gasteiger partial charge in [0, 0.05) is 5.69 Å². The van der Waals surface area contributed by atoms with E-state index in [4.69, 9.17) is 9.47 Å². The fourth-order valence-electron chi connectivity index (χ4n) is 4.18. The van der Waals surface area contributed by atoms with Gasteiger partial charge in [-0.15, -0.1) is 0 Å². The number of urea groups is 1. The lowest BCUT2D eigenvalue weighted by molar-refractivity contribution is -0.121. The predicted octanol–water partition coefficient (Wildman–Crippen LogP) is 5.89. The van der Waals surface area contributed by atoms with Crippen molar-refractivity contribution in [3.8, 4) is 11.5 Å².